The Morgan fingerprint density at radius 1 is 1.19 bits per heavy atom. The van der Waals surface area contributed by atoms with Crippen LogP contribution in [0.3, 0.4) is 0 Å². The fourth-order valence-corrected chi connectivity index (χ4v) is 3.66. The maximum Gasteiger partial charge on any atom is 0.258 e. The number of hydrogen-bond donors (Lipinski definition) is 1. The third-order valence-corrected chi connectivity index (χ3v) is 5.27. The minimum atomic E-state index is -0.0330. The predicted octanol–water partition coefficient (Wildman–Crippen LogP) is 3.79. The molecule has 2 aliphatic rings. The van der Waals surface area contributed by atoms with Crippen molar-refractivity contribution in [3.63, 3.8) is 0 Å². The lowest BCUT2D eigenvalue weighted by Crippen LogP contribution is -2.35. The van der Waals surface area contributed by atoms with Crippen molar-refractivity contribution in [3.8, 4) is 11.4 Å². The number of nitrogens with zero attached hydrogens (tertiary/aromatic N) is 3. The number of nitrogen functional groups attached to an aromatic ring is 1. The number of anilines is 2. The predicted molar refractivity (Wildman–Crippen MR) is 103 cm³/mol. The molecule has 0 spiro atoms. The van der Waals surface area contributed by atoms with E-state index in [0.29, 0.717) is 29.7 Å². The third-order valence-electron chi connectivity index (χ3n) is 5.27. The number of amides is 1. The van der Waals surface area contributed by atoms with Crippen molar-refractivity contribution in [2.75, 3.05) is 17.2 Å². The Labute approximate surface area is 157 Å². The van der Waals surface area contributed by atoms with Gasteiger partial charge in [-0.25, -0.2) is 0 Å². The molecule has 1 saturated carbocycles. The van der Waals surface area contributed by atoms with Crippen molar-refractivity contribution in [3.05, 3.63) is 59.5 Å². The van der Waals surface area contributed by atoms with E-state index in [0.717, 1.165) is 48.2 Å². The van der Waals surface area contributed by atoms with E-state index in [9.17, 15) is 4.79 Å². The minimum absolute atomic E-state index is 0.0330. The van der Waals surface area contributed by atoms with Gasteiger partial charge in [-0.1, -0.05) is 23.4 Å². The molecule has 3 aromatic rings. The van der Waals surface area contributed by atoms with E-state index < -0.39 is 0 Å². The van der Waals surface area contributed by atoms with Gasteiger partial charge in [-0.05, 0) is 55.5 Å². The maximum absolute atomic E-state index is 13.2. The summed E-state index contributed by atoms with van der Waals surface area (Å²) in [4.78, 5) is 19.5. The van der Waals surface area contributed by atoms with Gasteiger partial charge in [0.2, 0.25) is 11.7 Å². The maximum atomic E-state index is 13.2. The van der Waals surface area contributed by atoms with Crippen LogP contribution >= 0.6 is 0 Å². The van der Waals surface area contributed by atoms with Gasteiger partial charge in [0, 0.05) is 35.0 Å². The Hall–Kier alpha value is -3.15. The Balaban J connectivity index is 1.47. The number of fused-ring (bicyclic) bond motifs is 1. The molecule has 0 unspecified atom stereocenters. The van der Waals surface area contributed by atoms with Crippen molar-refractivity contribution in [2.24, 2.45) is 0 Å². The minimum Gasteiger partial charge on any atom is -0.398 e. The molecule has 0 radical (unpaired) electrons. The van der Waals surface area contributed by atoms with Gasteiger partial charge >= 0.3 is 0 Å². The molecule has 136 valence electrons. The van der Waals surface area contributed by atoms with Gasteiger partial charge in [-0.15, -0.1) is 0 Å². The van der Waals surface area contributed by atoms with Gasteiger partial charge in [0.05, 0.1) is 0 Å². The van der Waals surface area contributed by atoms with Crippen molar-refractivity contribution in [1.82, 2.24) is 10.1 Å². The first-order valence-corrected chi connectivity index (χ1v) is 9.34. The fourth-order valence-electron chi connectivity index (χ4n) is 3.66. The number of carbonyl (C=O) groups excluding carboxylic acids is 1. The Morgan fingerprint density at radius 3 is 2.89 bits per heavy atom. The number of rotatable bonds is 3. The highest BCUT2D eigenvalue weighted by Crippen LogP contribution is 2.39. The van der Waals surface area contributed by atoms with Crippen LogP contribution < -0.4 is 10.6 Å². The quantitative estimate of drug-likeness (QED) is 0.718. The summed E-state index contributed by atoms with van der Waals surface area (Å²) in [6, 6.07) is 13.2. The van der Waals surface area contributed by atoms with Crippen molar-refractivity contribution in [1.29, 1.82) is 0 Å². The van der Waals surface area contributed by atoms with Gasteiger partial charge in [-0.3, -0.25) is 4.79 Å². The van der Waals surface area contributed by atoms with Crippen molar-refractivity contribution < 1.29 is 9.32 Å². The normalized spacial score (nSPS) is 16.2. The molecule has 2 N–H and O–H groups in total. The zero-order valence-electron chi connectivity index (χ0n) is 14.9. The number of benzene rings is 2. The number of carbonyl (C=O) groups is 1. The second-order valence-corrected chi connectivity index (χ2v) is 7.22. The number of hydrogen-bond acceptors (Lipinski definition) is 5. The molecular weight excluding hydrogens is 340 g/mol. The molecule has 2 heterocycles. The monoisotopic (exact) mass is 360 g/mol. The highest BCUT2D eigenvalue weighted by molar-refractivity contribution is 6.07. The van der Waals surface area contributed by atoms with E-state index in [2.05, 4.69) is 10.1 Å². The molecule has 1 fully saturated rings. The largest absolute Gasteiger partial charge is 0.398 e. The summed E-state index contributed by atoms with van der Waals surface area (Å²) in [5.74, 6) is 1.61. The first-order chi connectivity index (χ1) is 13.2. The van der Waals surface area contributed by atoms with Crippen molar-refractivity contribution in [2.45, 2.75) is 31.6 Å². The third kappa shape index (κ3) is 2.87. The van der Waals surface area contributed by atoms with Gasteiger partial charge in [0.15, 0.2) is 0 Å². The average molecular weight is 360 g/mol. The molecule has 6 nitrogen and oxygen atoms in total. The first kappa shape index (κ1) is 16.1. The van der Waals surface area contributed by atoms with E-state index in [1.54, 1.807) is 0 Å². The molecule has 1 aliphatic carbocycles. The molecule has 27 heavy (non-hydrogen) atoms. The smallest absolute Gasteiger partial charge is 0.258 e. The highest BCUT2D eigenvalue weighted by atomic mass is 16.5. The van der Waals surface area contributed by atoms with Crippen LogP contribution in [0, 0.1) is 0 Å². The zero-order valence-corrected chi connectivity index (χ0v) is 14.9. The Morgan fingerprint density at radius 2 is 2.04 bits per heavy atom. The molecule has 0 atom stereocenters. The SMILES string of the molecule is Nc1cccc2c1CCCN2C(=O)c1cccc(-c2noc(C3CC3)n2)c1. The molecular formula is C21H20N4O2. The van der Waals surface area contributed by atoms with Gasteiger partial charge in [-0.2, -0.15) is 4.98 Å². The lowest BCUT2D eigenvalue weighted by atomic mass is 9.98. The molecule has 6 heteroatoms. The van der Waals surface area contributed by atoms with Crippen LogP contribution in [-0.2, 0) is 6.42 Å². The van der Waals surface area contributed by atoms with E-state index in [1.807, 2.05) is 47.4 Å². The Bertz CT molecular complexity index is 1020. The van der Waals surface area contributed by atoms with Gasteiger partial charge < -0.3 is 15.2 Å². The Kier molecular flexibility index (Phi) is 3.70. The molecule has 2 aromatic carbocycles. The summed E-state index contributed by atoms with van der Waals surface area (Å²) >= 11 is 0. The van der Waals surface area contributed by atoms with Crippen LogP contribution in [0.2, 0.25) is 0 Å². The zero-order chi connectivity index (χ0) is 18.4. The average Bonchev–Trinajstić information content (AvgIpc) is 3.44. The first-order valence-electron chi connectivity index (χ1n) is 9.34. The number of nitrogens with two attached hydrogens (primary N) is 1. The molecule has 5 rings (SSSR count). The van der Waals surface area contributed by atoms with E-state index in [4.69, 9.17) is 10.3 Å². The lowest BCUT2D eigenvalue weighted by molar-refractivity contribution is 0.0985. The number of aromatic nitrogens is 2. The standard InChI is InChI=1S/C21H20N4O2/c22-17-7-2-8-18-16(17)6-3-11-25(18)21(26)15-5-1-4-14(12-15)19-23-20(27-24-19)13-9-10-13/h1-2,4-5,7-8,12-13H,3,6,9-11,22H2. The van der Waals surface area contributed by atoms with Crippen LogP contribution in [0.5, 0.6) is 0 Å². The second-order valence-electron chi connectivity index (χ2n) is 7.22. The highest BCUT2D eigenvalue weighted by Gasteiger charge is 2.30. The van der Waals surface area contributed by atoms with Crippen LogP contribution in [-0.4, -0.2) is 22.6 Å². The summed E-state index contributed by atoms with van der Waals surface area (Å²) in [7, 11) is 0. The van der Waals surface area contributed by atoms with E-state index in [1.165, 1.54) is 0 Å². The van der Waals surface area contributed by atoms with Gasteiger partial charge in [0.1, 0.15) is 0 Å². The second kappa shape index (κ2) is 6.23. The van der Waals surface area contributed by atoms with Crippen LogP contribution in [0.4, 0.5) is 11.4 Å². The molecule has 1 aliphatic heterocycles. The summed E-state index contributed by atoms with van der Waals surface area (Å²) in [6.07, 6.45) is 4.02. The van der Waals surface area contributed by atoms with Crippen LogP contribution in [0.15, 0.2) is 47.0 Å². The molecule has 0 bridgehead atoms. The lowest BCUT2D eigenvalue weighted by Gasteiger charge is -2.30. The summed E-state index contributed by atoms with van der Waals surface area (Å²) in [5, 5.41) is 4.08. The van der Waals surface area contributed by atoms with Crippen LogP contribution in [0.25, 0.3) is 11.4 Å². The topological polar surface area (TPSA) is 85.2 Å². The summed E-state index contributed by atoms with van der Waals surface area (Å²) in [5.41, 5.74) is 10.2. The summed E-state index contributed by atoms with van der Waals surface area (Å²) < 4.78 is 5.35. The van der Waals surface area contributed by atoms with Gasteiger partial charge in [0.25, 0.3) is 5.91 Å². The fraction of sp³-hybridized carbons (Fsp3) is 0.286. The van der Waals surface area contributed by atoms with E-state index >= 15 is 0 Å². The van der Waals surface area contributed by atoms with Crippen LogP contribution in [0.1, 0.15) is 47.0 Å². The molecule has 1 amide bonds. The summed E-state index contributed by atoms with van der Waals surface area (Å²) in [6.45, 7) is 0.688. The molecule has 0 saturated heterocycles. The van der Waals surface area contributed by atoms with E-state index in [-0.39, 0.29) is 5.91 Å². The molecule has 1 aromatic heterocycles. The van der Waals surface area contributed by atoms with Crippen molar-refractivity contribution >= 4 is 17.3 Å².